The molecule has 2 rings (SSSR count). The Kier molecular flexibility index (Phi) is 2.89. The van der Waals surface area contributed by atoms with E-state index in [4.69, 9.17) is 0 Å². The van der Waals surface area contributed by atoms with Crippen molar-refractivity contribution in [3.63, 3.8) is 0 Å². The Balaban J connectivity index is 2.30. The Morgan fingerprint density at radius 3 is 2.81 bits per heavy atom. The summed E-state index contributed by atoms with van der Waals surface area (Å²) in [6.07, 6.45) is 3.78. The number of hydrogen-bond donors (Lipinski definition) is 1. The zero-order chi connectivity index (χ0) is 11.8. The predicted molar refractivity (Wildman–Crippen MR) is 65.5 cm³/mol. The van der Waals surface area contributed by atoms with E-state index >= 15 is 0 Å². The van der Waals surface area contributed by atoms with Crippen LogP contribution in [0.1, 0.15) is 45.3 Å². The van der Waals surface area contributed by atoms with Crippen LogP contribution in [0.4, 0.5) is 5.82 Å². The van der Waals surface area contributed by atoms with Crippen molar-refractivity contribution in [1.29, 1.82) is 0 Å². The van der Waals surface area contributed by atoms with Crippen LogP contribution in [0.5, 0.6) is 0 Å². The molecule has 0 spiro atoms. The molecule has 1 aromatic heterocycles. The smallest absolute Gasteiger partial charge is 0.129 e. The van der Waals surface area contributed by atoms with Crippen LogP contribution in [-0.2, 0) is 0 Å². The Morgan fingerprint density at radius 2 is 2.25 bits per heavy atom. The van der Waals surface area contributed by atoms with Crippen LogP contribution in [-0.4, -0.2) is 22.2 Å². The van der Waals surface area contributed by atoms with Gasteiger partial charge in [-0.25, -0.2) is 4.98 Å². The minimum atomic E-state index is -0.424. The predicted octanol–water partition coefficient (Wildman–Crippen LogP) is 2.51. The molecular weight excluding hydrogens is 200 g/mol. The Morgan fingerprint density at radius 1 is 1.50 bits per heavy atom. The summed E-state index contributed by atoms with van der Waals surface area (Å²) in [5, 5.41) is 9.57. The molecule has 1 aliphatic heterocycles. The average molecular weight is 220 g/mol. The Bertz CT molecular complexity index is 374. The molecule has 2 heterocycles. The molecule has 88 valence electrons. The molecule has 1 aliphatic rings. The molecule has 1 fully saturated rings. The van der Waals surface area contributed by atoms with Gasteiger partial charge in [-0.1, -0.05) is 0 Å². The van der Waals surface area contributed by atoms with Gasteiger partial charge in [0.15, 0.2) is 0 Å². The summed E-state index contributed by atoms with van der Waals surface area (Å²) >= 11 is 0. The molecule has 0 unspecified atom stereocenters. The fourth-order valence-corrected chi connectivity index (χ4v) is 2.37. The quantitative estimate of drug-likeness (QED) is 0.832. The second kappa shape index (κ2) is 4.06. The number of pyridine rings is 1. The van der Waals surface area contributed by atoms with Crippen molar-refractivity contribution in [2.24, 2.45) is 0 Å². The van der Waals surface area contributed by atoms with E-state index < -0.39 is 6.10 Å². The molecule has 0 saturated carbocycles. The summed E-state index contributed by atoms with van der Waals surface area (Å²) in [6, 6.07) is 3.87. The Hall–Kier alpha value is -1.09. The maximum atomic E-state index is 9.57. The number of aromatic nitrogens is 1. The monoisotopic (exact) mass is 220 g/mol. The van der Waals surface area contributed by atoms with Crippen molar-refractivity contribution in [1.82, 2.24) is 4.98 Å². The van der Waals surface area contributed by atoms with Crippen molar-refractivity contribution in [2.75, 3.05) is 11.4 Å². The van der Waals surface area contributed by atoms with E-state index in [-0.39, 0.29) is 5.54 Å². The number of aliphatic hydroxyl groups excluding tert-OH is 1. The van der Waals surface area contributed by atoms with Crippen LogP contribution in [0.25, 0.3) is 0 Å². The SMILES string of the molecule is C[C@@H](O)c1ccnc(N2CCCC2(C)C)c1. The minimum absolute atomic E-state index is 0.185. The van der Waals surface area contributed by atoms with E-state index in [1.165, 1.54) is 12.8 Å². The molecule has 1 saturated heterocycles. The fourth-order valence-electron chi connectivity index (χ4n) is 2.37. The van der Waals surface area contributed by atoms with Crippen LogP contribution in [0.3, 0.4) is 0 Å². The van der Waals surface area contributed by atoms with Gasteiger partial charge in [0, 0.05) is 18.3 Å². The first-order chi connectivity index (χ1) is 7.50. The molecule has 0 aliphatic carbocycles. The van der Waals surface area contributed by atoms with Gasteiger partial charge in [0.1, 0.15) is 5.82 Å². The van der Waals surface area contributed by atoms with Gasteiger partial charge in [0.25, 0.3) is 0 Å². The minimum Gasteiger partial charge on any atom is -0.389 e. The van der Waals surface area contributed by atoms with Gasteiger partial charge >= 0.3 is 0 Å². The van der Waals surface area contributed by atoms with Gasteiger partial charge in [-0.2, -0.15) is 0 Å². The molecule has 0 radical (unpaired) electrons. The molecule has 1 N–H and O–H groups in total. The fraction of sp³-hybridized carbons (Fsp3) is 0.615. The van der Waals surface area contributed by atoms with Gasteiger partial charge < -0.3 is 10.0 Å². The third-order valence-corrected chi connectivity index (χ3v) is 3.43. The summed E-state index contributed by atoms with van der Waals surface area (Å²) in [6.45, 7) is 7.34. The molecule has 16 heavy (non-hydrogen) atoms. The average Bonchev–Trinajstić information content (AvgIpc) is 2.58. The number of rotatable bonds is 2. The van der Waals surface area contributed by atoms with Crippen molar-refractivity contribution in [3.8, 4) is 0 Å². The lowest BCUT2D eigenvalue weighted by Crippen LogP contribution is -2.38. The highest BCUT2D eigenvalue weighted by Crippen LogP contribution is 2.33. The summed E-state index contributed by atoms with van der Waals surface area (Å²) in [5.74, 6) is 0.987. The van der Waals surface area contributed by atoms with E-state index in [1.807, 2.05) is 12.1 Å². The van der Waals surface area contributed by atoms with Crippen molar-refractivity contribution in [2.45, 2.75) is 45.3 Å². The van der Waals surface area contributed by atoms with Gasteiger partial charge in [0.05, 0.1) is 6.10 Å². The van der Waals surface area contributed by atoms with Crippen molar-refractivity contribution in [3.05, 3.63) is 23.9 Å². The molecule has 0 bridgehead atoms. The highest BCUT2D eigenvalue weighted by Gasteiger charge is 2.32. The van der Waals surface area contributed by atoms with Gasteiger partial charge in [-0.15, -0.1) is 0 Å². The van der Waals surface area contributed by atoms with E-state index in [2.05, 4.69) is 23.7 Å². The van der Waals surface area contributed by atoms with Crippen molar-refractivity contribution < 1.29 is 5.11 Å². The zero-order valence-corrected chi connectivity index (χ0v) is 10.3. The molecular formula is C13H20N2O. The molecule has 1 atom stereocenters. The zero-order valence-electron chi connectivity index (χ0n) is 10.3. The Labute approximate surface area is 97.1 Å². The summed E-state index contributed by atoms with van der Waals surface area (Å²) in [7, 11) is 0. The molecule has 0 amide bonds. The molecule has 3 nitrogen and oxygen atoms in total. The first-order valence-corrected chi connectivity index (χ1v) is 5.92. The third kappa shape index (κ3) is 2.05. The van der Waals surface area contributed by atoms with Crippen molar-refractivity contribution >= 4 is 5.82 Å². The lowest BCUT2D eigenvalue weighted by molar-refractivity contribution is 0.199. The second-order valence-corrected chi connectivity index (χ2v) is 5.19. The van der Waals surface area contributed by atoms with Crippen LogP contribution in [0, 0.1) is 0 Å². The number of aliphatic hydroxyl groups is 1. The first-order valence-electron chi connectivity index (χ1n) is 5.92. The molecule has 0 aromatic carbocycles. The maximum absolute atomic E-state index is 9.57. The largest absolute Gasteiger partial charge is 0.389 e. The molecule has 1 aromatic rings. The van der Waals surface area contributed by atoms with Gasteiger partial charge in [-0.05, 0) is 51.3 Å². The maximum Gasteiger partial charge on any atom is 0.129 e. The second-order valence-electron chi connectivity index (χ2n) is 5.19. The van der Waals surface area contributed by atoms with Gasteiger partial charge in [-0.3, -0.25) is 0 Å². The van der Waals surface area contributed by atoms with Crippen LogP contribution in [0.2, 0.25) is 0 Å². The van der Waals surface area contributed by atoms with Crippen LogP contribution in [0.15, 0.2) is 18.3 Å². The summed E-state index contributed by atoms with van der Waals surface area (Å²) in [5.41, 5.74) is 1.12. The summed E-state index contributed by atoms with van der Waals surface area (Å²) < 4.78 is 0. The van der Waals surface area contributed by atoms with E-state index in [1.54, 1.807) is 13.1 Å². The first kappa shape index (κ1) is 11.4. The number of hydrogen-bond acceptors (Lipinski definition) is 3. The van der Waals surface area contributed by atoms with E-state index in [0.717, 1.165) is 17.9 Å². The highest BCUT2D eigenvalue weighted by molar-refractivity contribution is 5.45. The lowest BCUT2D eigenvalue weighted by atomic mass is 10.0. The molecule has 3 heteroatoms. The standard InChI is InChI=1S/C13H20N2O/c1-10(16)11-5-7-14-12(9-11)15-8-4-6-13(15,2)3/h5,7,9-10,16H,4,6,8H2,1-3H3/t10-/m1/s1. The lowest BCUT2D eigenvalue weighted by Gasteiger charge is -2.33. The summed E-state index contributed by atoms with van der Waals surface area (Å²) in [4.78, 5) is 6.75. The third-order valence-electron chi connectivity index (χ3n) is 3.43. The number of anilines is 1. The number of nitrogens with zero attached hydrogens (tertiary/aromatic N) is 2. The van der Waals surface area contributed by atoms with Crippen LogP contribution >= 0.6 is 0 Å². The normalized spacial score (nSPS) is 21.1. The topological polar surface area (TPSA) is 36.4 Å². The highest BCUT2D eigenvalue weighted by atomic mass is 16.3. The van der Waals surface area contributed by atoms with Crippen LogP contribution < -0.4 is 4.90 Å². The van der Waals surface area contributed by atoms with E-state index in [9.17, 15) is 5.11 Å². The van der Waals surface area contributed by atoms with Gasteiger partial charge in [0.2, 0.25) is 0 Å². The van der Waals surface area contributed by atoms with E-state index in [0.29, 0.717) is 0 Å².